The van der Waals surface area contributed by atoms with Gasteiger partial charge >= 0.3 is 11.4 Å². The lowest BCUT2D eigenvalue weighted by atomic mass is 9.67. The molecule has 2 aliphatic heterocycles. The van der Waals surface area contributed by atoms with Crippen molar-refractivity contribution in [2.75, 3.05) is 0 Å². The monoisotopic (exact) mass is 283 g/mol. The Hall–Kier alpha value is -1.85. The Balaban J connectivity index is 1.68. The molecule has 4 fully saturated rings. The molecule has 3 heterocycles. The van der Waals surface area contributed by atoms with Crippen molar-refractivity contribution in [2.45, 2.75) is 18.5 Å². The minimum atomic E-state index is -0.198. The number of carbonyl (C=O) groups excluding carboxylic acids is 1. The van der Waals surface area contributed by atoms with Gasteiger partial charge in [0.25, 0.3) is 0 Å². The third-order valence-electron chi connectivity index (χ3n) is 7.85. The van der Waals surface area contributed by atoms with Gasteiger partial charge in [0.1, 0.15) is 0 Å². The van der Waals surface area contributed by atoms with Crippen LogP contribution in [0.3, 0.4) is 0 Å². The number of carbonyl (C=O) groups is 1. The van der Waals surface area contributed by atoms with E-state index in [1.807, 2.05) is 0 Å². The molecule has 0 amide bonds. The highest BCUT2D eigenvalue weighted by atomic mass is 16.2. The molecule has 0 aromatic carbocycles. The van der Waals surface area contributed by atoms with Crippen molar-refractivity contribution in [1.82, 2.24) is 13.9 Å². The fourth-order valence-corrected chi connectivity index (χ4v) is 7.67. The smallest absolute Gasteiger partial charge is 0.295 e. The summed E-state index contributed by atoms with van der Waals surface area (Å²) in [5.41, 5.74) is -0.407. The summed E-state index contributed by atoms with van der Waals surface area (Å²) < 4.78 is 4.71. The molecule has 7 aliphatic rings. The van der Waals surface area contributed by atoms with Crippen LogP contribution in [0, 0.1) is 34.5 Å². The minimum absolute atomic E-state index is 0.00722. The van der Waals surface area contributed by atoms with Gasteiger partial charge in [-0.05, 0) is 29.7 Å². The maximum Gasteiger partial charge on any atom is 0.347 e. The summed E-state index contributed by atoms with van der Waals surface area (Å²) in [6, 6.07) is 0.200. The van der Waals surface area contributed by atoms with E-state index in [4.69, 9.17) is 0 Å². The van der Waals surface area contributed by atoms with Gasteiger partial charge in [-0.15, -0.1) is 0 Å². The molecule has 8 unspecified atom stereocenters. The van der Waals surface area contributed by atoms with E-state index in [0.717, 1.165) is 0 Å². The highest BCUT2D eigenvalue weighted by molar-refractivity contribution is 5.93. The topological polar surface area (TPSA) is 66.0 Å². The lowest BCUT2D eigenvalue weighted by Gasteiger charge is -2.48. The Morgan fingerprint density at radius 1 is 1.05 bits per heavy atom. The molecule has 106 valence electrons. The maximum absolute atomic E-state index is 12.5. The van der Waals surface area contributed by atoms with Crippen molar-refractivity contribution in [2.24, 2.45) is 41.5 Å². The number of nitrogens with zero attached hydrogens (tertiary/aromatic N) is 3. The molecular formula is C15H13N3O3. The number of hydrogen-bond acceptors (Lipinski definition) is 3. The lowest BCUT2D eigenvalue weighted by Crippen LogP contribution is -2.53. The summed E-state index contributed by atoms with van der Waals surface area (Å²) in [6.07, 6.45) is 4.41. The molecule has 8 atom stereocenters. The second kappa shape index (κ2) is 2.21. The van der Waals surface area contributed by atoms with Gasteiger partial charge in [0.15, 0.2) is 5.78 Å². The van der Waals surface area contributed by atoms with Gasteiger partial charge in [-0.2, -0.15) is 0 Å². The molecule has 6 heteroatoms. The molecule has 4 saturated carbocycles. The van der Waals surface area contributed by atoms with E-state index < -0.39 is 0 Å². The average molecular weight is 283 g/mol. The zero-order valence-corrected chi connectivity index (χ0v) is 11.4. The SMILES string of the molecule is Cn1c(=O)n2n(c1=O)C1C3C4C3C3C5(C=CC(=O)CC135)C42. The van der Waals surface area contributed by atoms with E-state index in [1.165, 1.54) is 4.57 Å². The molecule has 6 nitrogen and oxygen atoms in total. The first-order chi connectivity index (χ1) is 10.1. The third-order valence-corrected chi connectivity index (χ3v) is 7.85. The Morgan fingerprint density at radius 2 is 1.71 bits per heavy atom. The van der Waals surface area contributed by atoms with Gasteiger partial charge in [0, 0.05) is 24.3 Å². The van der Waals surface area contributed by atoms with E-state index >= 15 is 0 Å². The van der Waals surface area contributed by atoms with E-state index in [1.54, 1.807) is 22.5 Å². The van der Waals surface area contributed by atoms with Crippen LogP contribution >= 0.6 is 0 Å². The number of hydrogen-bond donors (Lipinski definition) is 0. The van der Waals surface area contributed by atoms with Crippen LogP contribution in [0.2, 0.25) is 0 Å². The van der Waals surface area contributed by atoms with E-state index in [9.17, 15) is 14.4 Å². The molecule has 8 rings (SSSR count). The fourth-order valence-electron chi connectivity index (χ4n) is 7.67. The number of aromatic nitrogens is 3. The molecule has 1 aromatic heterocycles. The molecular weight excluding hydrogens is 270 g/mol. The summed E-state index contributed by atoms with van der Waals surface area (Å²) in [5, 5.41) is 0. The summed E-state index contributed by atoms with van der Waals surface area (Å²) in [4.78, 5) is 37.0. The largest absolute Gasteiger partial charge is 0.347 e. The van der Waals surface area contributed by atoms with Crippen molar-refractivity contribution in [3.63, 3.8) is 0 Å². The Bertz CT molecular complexity index is 964. The summed E-state index contributed by atoms with van der Waals surface area (Å²) >= 11 is 0. The van der Waals surface area contributed by atoms with Crippen LogP contribution < -0.4 is 11.4 Å². The van der Waals surface area contributed by atoms with E-state index in [0.29, 0.717) is 30.1 Å². The Labute approximate surface area is 118 Å². The third kappa shape index (κ3) is 0.582. The van der Waals surface area contributed by atoms with Crippen LogP contribution in [0.15, 0.2) is 21.7 Å². The summed E-state index contributed by atoms with van der Waals surface area (Å²) in [7, 11) is 1.56. The second-order valence-corrected chi connectivity index (χ2v) is 7.86. The molecule has 1 aromatic rings. The van der Waals surface area contributed by atoms with Crippen molar-refractivity contribution in [3.05, 3.63) is 33.1 Å². The second-order valence-electron chi connectivity index (χ2n) is 7.86. The Kier molecular flexibility index (Phi) is 1.05. The molecule has 2 spiro atoms. The van der Waals surface area contributed by atoms with Gasteiger partial charge < -0.3 is 0 Å². The Morgan fingerprint density at radius 3 is 2.48 bits per heavy atom. The molecule has 0 N–H and O–H groups in total. The standard InChI is InChI=1S/C15H13N3O3/c1-16-12(20)17-10-7-6-8(7)11(18(17)13(16)21)15-4-5(19)2-3-14(10,15)9(6)15/h2-3,6-11H,4H2,1H3. The first-order valence-electron chi connectivity index (χ1n) is 7.69. The van der Waals surface area contributed by atoms with Gasteiger partial charge in [0.05, 0.1) is 12.1 Å². The molecule has 5 aliphatic carbocycles. The van der Waals surface area contributed by atoms with Crippen LogP contribution in [-0.4, -0.2) is 19.7 Å². The zero-order valence-electron chi connectivity index (χ0n) is 11.4. The number of rotatable bonds is 0. The highest BCUT2D eigenvalue weighted by Gasteiger charge is 3.03. The van der Waals surface area contributed by atoms with Crippen molar-refractivity contribution < 1.29 is 4.79 Å². The maximum atomic E-state index is 12.5. The van der Waals surface area contributed by atoms with Crippen LogP contribution in [0.1, 0.15) is 18.5 Å². The fraction of sp³-hybridized carbons (Fsp3) is 0.667. The van der Waals surface area contributed by atoms with E-state index in [-0.39, 0.29) is 40.1 Å². The molecule has 21 heavy (non-hydrogen) atoms. The molecule has 0 saturated heterocycles. The number of ketones is 1. The van der Waals surface area contributed by atoms with E-state index in [2.05, 4.69) is 6.08 Å². The molecule has 0 radical (unpaired) electrons. The van der Waals surface area contributed by atoms with Gasteiger partial charge in [-0.3, -0.25) is 4.79 Å². The summed E-state index contributed by atoms with van der Waals surface area (Å²) in [5.74, 6) is 2.48. The first-order valence-corrected chi connectivity index (χ1v) is 7.69. The van der Waals surface area contributed by atoms with Gasteiger partial charge in [-0.1, -0.05) is 6.08 Å². The predicted molar refractivity (Wildman–Crippen MR) is 69.6 cm³/mol. The highest BCUT2D eigenvalue weighted by Crippen LogP contribution is 3.03. The van der Waals surface area contributed by atoms with Crippen LogP contribution in [0.25, 0.3) is 0 Å². The minimum Gasteiger partial charge on any atom is -0.295 e. The van der Waals surface area contributed by atoms with Gasteiger partial charge in [-0.25, -0.2) is 23.5 Å². The van der Waals surface area contributed by atoms with Crippen molar-refractivity contribution in [1.29, 1.82) is 0 Å². The van der Waals surface area contributed by atoms with Crippen molar-refractivity contribution in [3.8, 4) is 0 Å². The summed E-state index contributed by atoms with van der Waals surface area (Å²) in [6.45, 7) is 0. The van der Waals surface area contributed by atoms with Crippen molar-refractivity contribution >= 4 is 5.78 Å². The van der Waals surface area contributed by atoms with Crippen LogP contribution in [-0.2, 0) is 11.8 Å². The average Bonchev–Trinajstić information content (AvgIpc) is 3.23. The van der Waals surface area contributed by atoms with Crippen LogP contribution in [0.5, 0.6) is 0 Å². The molecule has 2 bridgehead atoms. The quantitative estimate of drug-likeness (QED) is 0.642. The predicted octanol–water partition coefficient (Wildman–Crippen LogP) is -0.535. The van der Waals surface area contributed by atoms with Crippen LogP contribution in [0.4, 0.5) is 0 Å². The van der Waals surface area contributed by atoms with Gasteiger partial charge in [0.2, 0.25) is 0 Å². The zero-order chi connectivity index (χ0) is 14.0. The lowest BCUT2D eigenvalue weighted by molar-refractivity contribution is -0.119. The normalized spacial score (nSPS) is 58.2. The first kappa shape index (κ1) is 9.97. The number of allylic oxidation sites excluding steroid dienone is 2.